The van der Waals surface area contributed by atoms with Gasteiger partial charge in [0.15, 0.2) is 6.23 Å². The van der Waals surface area contributed by atoms with E-state index in [1.807, 2.05) is 0 Å². The molecule has 6 atom stereocenters. The molecule has 1 fully saturated rings. The summed E-state index contributed by atoms with van der Waals surface area (Å²) >= 11 is 0. The zero-order chi connectivity index (χ0) is 23.9. The Kier molecular flexibility index (Phi) is 12.9. The van der Waals surface area contributed by atoms with E-state index in [2.05, 4.69) is 16.2 Å². The van der Waals surface area contributed by atoms with Crippen molar-refractivity contribution >= 4 is 21.2 Å². The second-order valence-corrected chi connectivity index (χ2v) is 11.1. The molecule has 1 aliphatic heterocycles. The molecule has 0 radical (unpaired) electrons. The Balaban J connectivity index is 0.00000544. The molecular formula is C17H31N3NaO10P2+. The van der Waals surface area contributed by atoms with Crippen LogP contribution in [0, 0.1) is 0 Å². The monoisotopic (exact) mass is 522 g/mol. The van der Waals surface area contributed by atoms with Gasteiger partial charge < -0.3 is 30.5 Å². The number of nitrogens with zero attached hydrogens (tertiary/aromatic N) is 2. The topological polar surface area (TPSA) is 204 Å². The van der Waals surface area contributed by atoms with Crippen molar-refractivity contribution in [1.82, 2.24) is 9.55 Å². The quantitative estimate of drug-likeness (QED) is 0.110. The van der Waals surface area contributed by atoms with E-state index in [0.717, 1.165) is 30.3 Å². The summed E-state index contributed by atoms with van der Waals surface area (Å²) in [6.07, 6.45) is 0.107. The van der Waals surface area contributed by atoms with Crippen LogP contribution >= 0.6 is 15.4 Å². The van der Waals surface area contributed by atoms with Crippen LogP contribution in [0.2, 0.25) is 0 Å². The van der Waals surface area contributed by atoms with E-state index in [-0.39, 0.29) is 41.5 Å². The summed E-state index contributed by atoms with van der Waals surface area (Å²) in [5.41, 5.74) is 4.57. The van der Waals surface area contributed by atoms with E-state index in [9.17, 15) is 33.9 Å². The number of phosphoric acid groups is 1. The van der Waals surface area contributed by atoms with E-state index in [1.54, 1.807) is 0 Å². The number of nitrogen functional groups attached to an aromatic ring is 1. The van der Waals surface area contributed by atoms with E-state index in [1.165, 1.54) is 12.3 Å². The summed E-state index contributed by atoms with van der Waals surface area (Å²) in [6, 6.07) is 1.28. The maximum atomic E-state index is 12.1. The molecule has 1 aromatic rings. The number of anilines is 1. The third-order valence-electron chi connectivity index (χ3n) is 4.89. The Labute approximate surface area is 213 Å². The number of rotatable bonds is 13. The number of nitrogens with two attached hydrogens (primary N) is 1. The predicted octanol–water partition coefficient (Wildman–Crippen LogP) is -1.87. The Morgan fingerprint density at radius 3 is 2.42 bits per heavy atom. The van der Waals surface area contributed by atoms with Gasteiger partial charge in [0.2, 0.25) is 0 Å². The van der Waals surface area contributed by atoms with Crippen molar-refractivity contribution in [3.8, 4) is 0 Å². The molecule has 0 aromatic carbocycles. The number of hydrogen-bond donors (Lipinski definition) is 5. The first kappa shape index (κ1) is 30.9. The molecule has 0 bridgehead atoms. The molecule has 0 spiro atoms. The molecule has 13 nitrogen and oxygen atoms in total. The molecule has 0 aliphatic carbocycles. The number of aliphatic hydroxyl groups excluding tert-OH is 2. The minimum absolute atomic E-state index is 0. The maximum absolute atomic E-state index is 12.1. The summed E-state index contributed by atoms with van der Waals surface area (Å²) < 4.78 is 39.6. The van der Waals surface area contributed by atoms with Crippen LogP contribution < -0.4 is 41.0 Å². The average molecular weight is 522 g/mol. The van der Waals surface area contributed by atoms with Gasteiger partial charge in [0, 0.05) is 6.20 Å². The Morgan fingerprint density at radius 2 is 1.79 bits per heavy atom. The number of unbranched alkanes of at least 4 members (excludes halogenated alkanes) is 5. The first-order valence-corrected chi connectivity index (χ1v) is 13.6. The molecule has 184 valence electrons. The number of aliphatic hydroxyl groups is 2. The van der Waals surface area contributed by atoms with Crippen LogP contribution in [0.4, 0.5) is 5.82 Å². The molecule has 33 heavy (non-hydrogen) atoms. The van der Waals surface area contributed by atoms with Crippen molar-refractivity contribution < 1.29 is 72.3 Å². The van der Waals surface area contributed by atoms with Crippen LogP contribution in [0.5, 0.6) is 0 Å². The van der Waals surface area contributed by atoms with Gasteiger partial charge in [-0.25, -0.2) is 13.7 Å². The van der Waals surface area contributed by atoms with Crippen molar-refractivity contribution in [2.45, 2.75) is 70.0 Å². The van der Waals surface area contributed by atoms with Gasteiger partial charge in [-0.15, -0.1) is 0 Å². The van der Waals surface area contributed by atoms with E-state index >= 15 is 0 Å². The van der Waals surface area contributed by atoms with Gasteiger partial charge in [-0.05, 0) is 12.5 Å². The molecule has 16 heteroatoms. The van der Waals surface area contributed by atoms with Gasteiger partial charge in [0.05, 0.1) is 12.8 Å². The van der Waals surface area contributed by atoms with Crippen molar-refractivity contribution in [2.75, 3.05) is 18.5 Å². The number of aromatic nitrogens is 2. The summed E-state index contributed by atoms with van der Waals surface area (Å²) in [7, 11) is -9.36. The van der Waals surface area contributed by atoms with Crippen molar-refractivity contribution in [3.63, 3.8) is 0 Å². The molecule has 1 aliphatic rings. The van der Waals surface area contributed by atoms with E-state index < -0.39 is 52.3 Å². The average Bonchev–Trinajstić information content (AvgIpc) is 2.97. The summed E-state index contributed by atoms with van der Waals surface area (Å²) in [4.78, 5) is 35.0. The predicted molar refractivity (Wildman–Crippen MR) is 114 cm³/mol. The van der Waals surface area contributed by atoms with Gasteiger partial charge in [-0.3, -0.25) is 13.7 Å². The summed E-state index contributed by atoms with van der Waals surface area (Å²) in [5.74, 6) is -0.0491. The van der Waals surface area contributed by atoms with Crippen LogP contribution in [-0.4, -0.2) is 60.6 Å². The van der Waals surface area contributed by atoms with Crippen molar-refractivity contribution in [2.24, 2.45) is 0 Å². The molecule has 6 unspecified atom stereocenters. The number of ether oxygens (including phenoxy) is 1. The minimum Gasteiger partial charge on any atom is -0.387 e. The van der Waals surface area contributed by atoms with Gasteiger partial charge in [0.25, 0.3) is 0 Å². The SMILES string of the molecule is CCCCCCCCP(=O)(O)OP(=O)(O)OCC1OC(n2ccc(N)nc2=O)C(O)C1O.[Na+]. The molecule has 0 saturated carbocycles. The van der Waals surface area contributed by atoms with Crippen LogP contribution in [0.3, 0.4) is 0 Å². The van der Waals surface area contributed by atoms with Gasteiger partial charge in [0.1, 0.15) is 24.1 Å². The minimum atomic E-state index is -4.97. The molecule has 1 aromatic heterocycles. The fourth-order valence-corrected chi connectivity index (χ4v) is 5.96. The summed E-state index contributed by atoms with van der Waals surface area (Å²) in [6.45, 7) is 1.32. The fraction of sp³-hybridized carbons (Fsp3) is 0.765. The van der Waals surface area contributed by atoms with Gasteiger partial charge in [-0.2, -0.15) is 4.98 Å². The molecular weight excluding hydrogens is 491 g/mol. The number of phosphoric ester groups is 1. The molecule has 6 N–H and O–H groups in total. The van der Waals surface area contributed by atoms with Crippen molar-refractivity contribution in [3.05, 3.63) is 22.7 Å². The third-order valence-corrected chi connectivity index (χ3v) is 8.09. The smallest absolute Gasteiger partial charge is 0.387 e. The second-order valence-electron chi connectivity index (χ2n) is 7.56. The first-order chi connectivity index (χ1) is 15.0. The molecule has 0 amide bonds. The van der Waals surface area contributed by atoms with Crippen LogP contribution in [0.25, 0.3) is 0 Å². The molecule has 2 rings (SSSR count). The fourth-order valence-electron chi connectivity index (χ4n) is 3.20. The largest absolute Gasteiger partial charge is 1.00 e. The zero-order valence-corrected chi connectivity index (χ0v) is 22.5. The Bertz CT molecular complexity index is 904. The summed E-state index contributed by atoms with van der Waals surface area (Å²) in [5, 5.41) is 20.3. The third kappa shape index (κ3) is 9.79. The Hall–Kier alpha value is -0.140. The van der Waals surface area contributed by atoms with Gasteiger partial charge in [-0.1, -0.05) is 39.0 Å². The van der Waals surface area contributed by atoms with Gasteiger partial charge >= 0.3 is 50.7 Å². The first-order valence-electron chi connectivity index (χ1n) is 10.3. The normalized spacial score (nSPS) is 26.3. The standard InChI is InChI=1S/C17H31N3O10P2.Na/c1-2-3-4-5-6-7-10-31(24,25)30-32(26,27)28-11-12-14(21)15(22)16(29-12)20-9-8-13(18)19-17(20)23;/h8-9,12,14-16,21-22H,2-7,10-11H2,1H3,(H,24,25)(H,26,27)(H2,18,19,23);/q;+1. The van der Waals surface area contributed by atoms with E-state index in [0.29, 0.717) is 12.8 Å². The Morgan fingerprint density at radius 1 is 1.15 bits per heavy atom. The second kappa shape index (κ2) is 13.8. The van der Waals surface area contributed by atoms with Crippen LogP contribution in [-0.2, 0) is 22.7 Å². The van der Waals surface area contributed by atoms with Crippen LogP contribution in [0.1, 0.15) is 51.7 Å². The molecule has 2 heterocycles. The number of hydrogen-bond acceptors (Lipinski definition) is 10. The van der Waals surface area contributed by atoms with E-state index in [4.69, 9.17) is 15.0 Å². The van der Waals surface area contributed by atoms with Crippen LogP contribution in [0.15, 0.2) is 17.1 Å². The zero-order valence-electron chi connectivity index (χ0n) is 18.7. The maximum Gasteiger partial charge on any atom is 1.00 e. The molecule has 1 saturated heterocycles. The van der Waals surface area contributed by atoms with Crippen molar-refractivity contribution in [1.29, 1.82) is 0 Å².